The molecule has 2 aliphatic rings. The van der Waals surface area contributed by atoms with Crippen molar-refractivity contribution >= 4 is 11.9 Å². The van der Waals surface area contributed by atoms with Crippen LogP contribution in [0, 0.1) is 11.2 Å². The minimum absolute atomic E-state index is 0.217. The third-order valence-electron chi connectivity index (χ3n) is 4.91. The molecule has 0 unspecified atom stereocenters. The average Bonchev–Trinajstić information content (AvgIpc) is 2.93. The maximum Gasteiger partial charge on any atom is 0.165 e. The zero-order valence-electron chi connectivity index (χ0n) is 12.5. The van der Waals surface area contributed by atoms with Gasteiger partial charge in [-0.25, -0.2) is 4.39 Å². The summed E-state index contributed by atoms with van der Waals surface area (Å²) in [6.45, 7) is 3.94. The Balaban J connectivity index is 1.89. The van der Waals surface area contributed by atoms with Crippen molar-refractivity contribution in [2.45, 2.75) is 39.0 Å². The number of Topliss-reactive ketones (excluding diaryl/α,β-unsaturated/α-hetero) is 1. The highest BCUT2D eigenvalue weighted by atomic mass is 19.1. The van der Waals surface area contributed by atoms with Crippen LogP contribution in [0.15, 0.2) is 23.8 Å². The summed E-state index contributed by atoms with van der Waals surface area (Å²) < 4.78 is 13.8. The minimum Gasteiger partial charge on any atom is -0.317 e. The van der Waals surface area contributed by atoms with Crippen LogP contribution in [-0.2, 0) is 11.2 Å². The molecule has 0 bridgehead atoms. The summed E-state index contributed by atoms with van der Waals surface area (Å²) in [4.78, 5) is 13.1. The Morgan fingerprint density at radius 3 is 2.76 bits per heavy atom. The molecule has 0 radical (unpaired) electrons. The number of hydrogen-bond donors (Lipinski definition) is 1. The van der Waals surface area contributed by atoms with Crippen molar-refractivity contribution in [2.24, 2.45) is 5.41 Å². The molecule has 1 saturated heterocycles. The van der Waals surface area contributed by atoms with Crippen LogP contribution in [0.4, 0.5) is 4.39 Å². The third kappa shape index (κ3) is 2.55. The van der Waals surface area contributed by atoms with Gasteiger partial charge in [0, 0.05) is 23.0 Å². The van der Waals surface area contributed by atoms with E-state index in [9.17, 15) is 9.18 Å². The Bertz CT molecular complexity index is 579. The summed E-state index contributed by atoms with van der Waals surface area (Å²) in [7, 11) is 0. The summed E-state index contributed by atoms with van der Waals surface area (Å²) in [5.41, 5.74) is 2.12. The lowest BCUT2D eigenvalue weighted by Crippen LogP contribution is -2.42. The van der Waals surface area contributed by atoms with E-state index in [0.717, 1.165) is 49.9 Å². The molecule has 0 atom stereocenters. The molecule has 0 saturated carbocycles. The van der Waals surface area contributed by atoms with Gasteiger partial charge in [0.05, 0.1) is 0 Å². The number of piperidine rings is 1. The number of allylic oxidation sites excluding steroid dienone is 1. The first-order valence-electron chi connectivity index (χ1n) is 7.90. The van der Waals surface area contributed by atoms with Gasteiger partial charge in [0.15, 0.2) is 5.78 Å². The molecule has 1 aromatic rings. The van der Waals surface area contributed by atoms with Crippen LogP contribution in [0.25, 0.3) is 6.08 Å². The maximum absolute atomic E-state index is 13.8. The lowest BCUT2D eigenvalue weighted by Gasteiger charge is -2.36. The van der Waals surface area contributed by atoms with E-state index >= 15 is 0 Å². The quantitative estimate of drug-likeness (QED) is 0.918. The average molecular weight is 287 g/mol. The van der Waals surface area contributed by atoms with Crippen molar-refractivity contribution in [1.82, 2.24) is 5.32 Å². The van der Waals surface area contributed by atoms with E-state index in [2.05, 4.69) is 12.2 Å². The van der Waals surface area contributed by atoms with Crippen molar-refractivity contribution in [3.8, 4) is 0 Å². The van der Waals surface area contributed by atoms with Crippen LogP contribution >= 0.6 is 0 Å². The summed E-state index contributed by atoms with van der Waals surface area (Å²) in [6.07, 6.45) is 6.12. The first-order chi connectivity index (χ1) is 10.2. The summed E-state index contributed by atoms with van der Waals surface area (Å²) >= 11 is 0. The van der Waals surface area contributed by atoms with E-state index < -0.39 is 0 Å². The third-order valence-corrected chi connectivity index (χ3v) is 4.91. The normalized spacial score (nSPS) is 20.0. The van der Waals surface area contributed by atoms with Crippen molar-refractivity contribution in [3.05, 3.63) is 40.7 Å². The molecule has 1 heterocycles. The molecule has 1 N–H and O–H groups in total. The number of halogens is 1. The number of hydrogen-bond acceptors (Lipinski definition) is 2. The smallest absolute Gasteiger partial charge is 0.165 e. The standard InChI is InChI=1S/C18H22FNO/c1-2-6-18(7-9-20-10-8-18)17(21)14-11-13-4-3-5-16(19)15(13)12-14/h3-5,12,20H,2,6-11H2,1H3. The molecule has 0 amide bonds. The van der Waals surface area contributed by atoms with Crippen LogP contribution in [0.1, 0.15) is 43.7 Å². The molecule has 2 nitrogen and oxygen atoms in total. The molecular weight excluding hydrogens is 265 g/mol. The maximum atomic E-state index is 13.8. The number of fused-ring (bicyclic) bond motifs is 1. The molecule has 1 aliphatic carbocycles. The first kappa shape index (κ1) is 14.5. The molecule has 21 heavy (non-hydrogen) atoms. The SMILES string of the molecule is CCCC1(C(=O)C2=Cc3c(F)cccc3C2)CCNCC1. The molecular formula is C18H22FNO. The zero-order valence-corrected chi connectivity index (χ0v) is 12.5. The monoisotopic (exact) mass is 287 g/mol. The molecule has 1 aliphatic heterocycles. The van der Waals surface area contributed by atoms with Gasteiger partial charge in [-0.2, -0.15) is 0 Å². The van der Waals surface area contributed by atoms with Gasteiger partial charge in [-0.1, -0.05) is 25.5 Å². The first-order valence-corrected chi connectivity index (χ1v) is 7.90. The number of rotatable bonds is 4. The highest BCUT2D eigenvalue weighted by molar-refractivity contribution is 6.05. The van der Waals surface area contributed by atoms with Gasteiger partial charge in [0.1, 0.15) is 5.82 Å². The van der Waals surface area contributed by atoms with Crippen LogP contribution in [-0.4, -0.2) is 18.9 Å². The summed E-state index contributed by atoms with van der Waals surface area (Å²) in [6, 6.07) is 5.11. The fraction of sp³-hybridized carbons (Fsp3) is 0.500. The Kier molecular flexibility index (Phi) is 3.94. The van der Waals surface area contributed by atoms with Gasteiger partial charge in [0.2, 0.25) is 0 Å². The highest BCUT2D eigenvalue weighted by Crippen LogP contribution is 2.40. The van der Waals surface area contributed by atoms with Crippen LogP contribution in [0.3, 0.4) is 0 Å². The van der Waals surface area contributed by atoms with Crippen LogP contribution < -0.4 is 5.32 Å². The van der Waals surface area contributed by atoms with Crippen molar-refractivity contribution in [1.29, 1.82) is 0 Å². The largest absolute Gasteiger partial charge is 0.317 e. The van der Waals surface area contributed by atoms with E-state index in [0.29, 0.717) is 12.0 Å². The molecule has 1 aromatic carbocycles. The fourth-order valence-corrected chi connectivity index (χ4v) is 3.79. The van der Waals surface area contributed by atoms with E-state index in [1.807, 2.05) is 6.07 Å². The Labute approximate surface area is 125 Å². The molecule has 3 rings (SSSR count). The van der Waals surface area contributed by atoms with Gasteiger partial charge in [0.25, 0.3) is 0 Å². The van der Waals surface area contributed by atoms with Crippen LogP contribution in [0.5, 0.6) is 0 Å². The molecule has 112 valence electrons. The second kappa shape index (κ2) is 5.72. The van der Waals surface area contributed by atoms with Crippen molar-refractivity contribution in [2.75, 3.05) is 13.1 Å². The zero-order chi connectivity index (χ0) is 14.9. The molecule has 0 spiro atoms. The summed E-state index contributed by atoms with van der Waals surface area (Å²) in [5.74, 6) is 0.0339. The number of ketones is 1. The number of benzene rings is 1. The van der Waals surface area contributed by atoms with Crippen LogP contribution in [0.2, 0.25) is 0 Å². The van der Waals surface area contributed by atoms with E-state index in [4.69, 9.17) is 0 Å². The predicted octanol–water partition coefficient (Wildman–Crippen LogP) is 3.50. The van der Waals surface area contributed by atoms with Gasteiger partial charge in [-0.15, -0.1) is 0 Å². The van der Waals surface area contributed by atoms with E-state index in [1.165, 1.54) is 6.07 Å². The second-order valence-corrected chi connectivity index (χ2v) is 6.27. The van der Waals surface area contributed by atoms with E-state index in [1.54, 1.807) is 12.1 Å². The van der Waals surface area contributed by atoms with Crippen molar-refractivity contribution < 1.29 is 9.18 Å². The van der Waals surface area contributed by atoms with Gasteiger partial charge < -0.3 is 5.32 Å². The van der Waals surface area contributed by atoms with E-state index in [-0.39, 0.29) is 17.0 Å². The Hall–Kier alpha value is -1.48. The number of nitrogens with one attached hydrogen (secondary N) is 1. The van der Waals surface area contributed by atoms with Gasteiger partial charge in [-0.05, 0) is 50.1 Å². The molecule has 1 fully saturated rings. The minimum atomic E-state index is -0.232. The lowest BCUT2D eigenvalue weighted by atomic mass is 9.70. The number of carbonyl (C=O) groups excluding carboxylic acids is 1. The molecule has 3 heteroatoms. The molecule has 0 aromatic heterocycles. The lowest BCUT2D eigenvalue weighted by molar-refractivity contribution is -0.126. The Morgan fingerprint density at radius 1 is 1.33 bits per heavy atom. The number of carbonyl (C=O) groups is 1. The highest BCUT2D eigenvalue weighted by Gasteiger charge is 2.40. The predicted molar refractivity (Wildman–Crippen MR) is 82.5 cm³/mol. The summed E-state index contributed by atoms with van der Waals surface area (Å²) in [5, 5.41) is 3.34. The van der Waals surface area contributed by atoms with Gasteiger partial charge in [-0.3, -0.25) is 4.79 Å². The topological polar surface area (TPSA) is 29.1 Å². The van der Waals surface area contributed by atoms with Gasteiger partial charge >= 0.3 is 0 Å². The fourth-order valence-electron chi connectivity index (χ4n) is 3.79. The second-order valence-electron chi connectivity index (χ2n) is 6.27. The van der Waals surface area contributed by atoms with Crippen molar-refractivity contribution in [3.63, 3.8) is 0 Å². The Morgan fingerprint density at radius 2 is 2.10 bits per heavy atom.